The Hall–Kier alpha value is -2.40. The number of unbranched alkanes of at least 4 members (excludes halogenated alkanes) is 2. The minimum Gasteiger partial charge on any atom is -0.481 e. The molecule has 0 saturated carbocycles. The number of carbonyl (C=O) groups is 2. The molecule has 0 spiro atoms. The van der Waals surface area contributed by atoms with Crippen molar-refractivity contribution < 1.29 is 34.0 Å². The molecule has 0 aliphatic carbocycles. The summed E-state index contributed by atoms with van der Waals surface area (Å²) in [5.74, 6) is -0.857. The summed E-state index contributed by atoms with van der Waals surface area (Å²) in [4.78, 5) is 30.5. The number of fused-ring (bicyclic) bond motifs is 1. The Bertz CT molecular complexity index is 984. The highest BCUT2D eigenvalue weighted by molar-refractivity contribution is 5.79. The Balaban J connectivity index is 1.59. The molecule has 4 rings (SSSR count). The van der Waals surface area contributed by atoms with Gasteiger partial charge in [0.1, 0.15) is 0 Å². The van der Waals surface area contributed by atoms with Crippen LogP contribution in [0.3, 0.4) is 0 Å². The lowest BCUT2D eigenvalue weighted by Crippen LogP contribution is -2.45. The summed E-state index contributed by atoms with van der Waals surface area (Å²) < 4.78 is 17.1. The number of nitrogens with two attached hydrogens (primary N) is 1. The number of carboxylic acid groups (broad SMARTS) is 1. The molecule has 1 aromatic rings. The van der Waals surface area contributed by atoms with Gasteiger partial charge in [0.05, 0.1) is 25.2 Å². The maximum Gasteiger partial charge on any atom is 0.308 e. The fourth-order valence-electron chi connectivity index (χ4n) is 6.45. The van der Waals surface area contributed by atoms with Gasteiger partial charge in [0.25, 0.3) is 0 Å². The molecule has 10 nitrogen and oxygen atoms in total. The van der Waals surface area contributed by atoms with Crippen LogP contribution in [0.2, 0.25) is 0 Å². The molecule has 2 saturated heterocycles. The third kappa shape index (κ3) is 7.46. The third-order valence-electron chi connectivity index (χ3n) is 8.62. The number of rotatable bonds is 15. The molecule has 3 aliphatic heterocycles. The first-order valence-corrected chi connectivity index (χ1v) is 15.1. The summed E-state index contributed by atoms with van der Waals surface area (Å²) in [7, 11) is 0. The van der Waals surface area contributed by atoms with Crippen molar-refractivity contribution >= 4 is 11.9 Å². The number of carboxylic acids is 1. The molecular weight excluding hydrogens is 514 g/mol. The first-order valence-electron chi connectivity index (χ1n) is 15.1. The Labute approximate surface area is 237 Å². The van der Waals surface area contributed by atoms with Gasteiger partial charge < -0.3 is 35.1 Å². The third-order valence-corrected chi connectivity index (χ3v) is 8.62. The first kappa shape index (κ1) is 30.6. The fourth-order valence-corrected chi connectivity index (χ4v) is 6.45. The van der Waals surface area contributed by atoms with Gasteiger partial charge in [0.2, 0.25) is 12.7 Å². The highest BCUT2D eigenvalue weighted by Gasteiger charge is 2.47. The van der Waals surface area contributed by atoms with E-state index in [4.69, 9.17) is 19.9 Å². The summed E-state index contributed by atoms with van der Waals surface area (Å²) in [6, 6.07) is 3.37. The lowest BCUT2D eigenvalue weighted by molar-refractivity contribution is -0.144. The quantitative estimate of drug-likeness (QED) is 0.276. The molecule has 0 aromatic heterocycles. The second kappa shape index (κ2) is 15.0. The largest absolute Gasteiger partial charge is 0.481 e. The second-order valence-corrected chi connectivity index (χ2v) is 11.3. The van der Waals surface area contributed by atoms with E-state index in [9.17, 15) is 19.8 Å². The van der Waals surface area contributed by atoms with Gasteiger partial charge in [-0.05, 0) is 75.6 Å². The first-order chi connectivity index (χ1) is 19.5. The number of likely N-dealkylation sites (tertiary alicyclic amines) is 1. The van der Waals surface area contributed by atoms with Crippen LogP contribution in [0.1, 0.15) is 81.8 Å². The molecule has 40 heavy (non-hydrogen) atoms. The smallest absolute Gasteiger partial charge is 0.308 e. The van der Waals surface area contributed by atoms with Crippen LogP contribution in [0, 0.1) is 5.92 Å². The zero-order chi connectivity index (χ0) is 28.5. The summed E-state index contributed by atoms with van der Waals surface area (Å²) in [5, 5.41) is 20.5. The molecule has 4 N–H and O–H groups in total. The molecule has 1 unspecified atom stereocenters. The van der Waals surface area contributed by atoms with Gasteiger partial charge in [0.15, 0.2) is 11.5 Å². The van der Waals surface area contributed by atoms with Crippen LogP contribution >= 0.6 is 0 Å². The molecular formula is C30H47N3O7. The zero-order valence-electron chi connectivity index (χ0n) is 23.9. The van der Waals surface area contributed by atoms with Gasteiger partial charge in [-0.2, -0.15) is 0 Å². The normalized spacial score (nSPS) is 24.4. The lowest BCUT2D eigenvalue weighted by atomic mass is 9.82. The fraction of sp³-hybridized carbons (Fsp3) is 0.733. The monoisotopic (exact) mass is 561 g/mol. The lowest BCUT2D eigenvalue weighted by Gasteiger charge is -2.31. The number of aliphatic carboxylic acids is 1. The van der Waals surface area contributed by atoms with E-state index < -0.39 is 11.9 Å². The van der Waals surface area contributed by atoms with E-state index in [0.717, 1.165) is 63.5 Å². The average Bonchev–Trinajstić information content (AvgIpc) is 3.58. The number of aliphatic hydroxyl groups excluding tert-OH is 1. The van der Waals surface area contributed by atoms with Gasteiger partial charge in [0, 0.05) is 43.8 Å². The van der Waals surface area contributed by atoms with E-state index in [0.29, 0.717) is 49.7 Å². The molecule has 1 amide bonds. The van der Waals surface area contributed by atoms with E-state index in [-0.39, 0.29) is 43.9 Å². The van der Waals surface area contributed by atoms with Crippen LogP contribution < -0.4 is 15.2 Å². The highest BCUT2D eigenvalue weighted by Crippen LogP contribution is 2.45. The zero-order valence-corrected chi connectivity index (χ0v) is 23.9. The van der Waals surface area contributed by atoms with Crippen LogP contribution in [-0.4, -0.2) is 90.2 Å². The SMILES string of the molecule is CCCCN(CCCCN)C(=O)CN1C[C@H](c2cc(CO)c3c(c2)OCO3)[C@@H](C(=O)O)[C@@H]1CCC1CCCCO1. The number of hydrogen-bond donors (Lipinski definition) is 3. The number of benzene rings is 1. The van der Waals surface area contributed by atoms with Gasteiger partial charge in [-0.25, -0.2) is 0 Å². The summed E-state index contributed by atoms with van der Waals surface area (Å²) in [6.07, 6.45) is 8.36. The molecule has 10 heteroatoms. The van der Waals surface area contributed by atoms with Gasteiger partial charge in [-0.3, -0.25) is 14.5 Å². The maximum atomic E-state index is 13.6. The Morgan fingerprint density at radius 2 is 1.95 bits per heavy atom. The topological polar surface area (TPSA) is 135 Å². The van der Waals surface area contributed by atoms with E-state index in [2.05, 4.69) is 11.8 Å². The van der Waals surface area contributed by atoms with E-state index in [1.807, 2.05) is 17.0 Å². The minimum absolute atomic E-state index is 0.0379. The van der Waals surface area contributed by atoms with Crippen molar-refractivity contribution in [2.75, 3.05) is 46.1 Å². The van der Waals surface area contributed by atoms with Crippen LogP contribution in [-0.2, 0) is 20.9 Å². The summed E-state index contributed by atoms with van der Waals surface area (Å²) >= 11 is 0. The van der Waals surface area contributed by atoms with E-state index in [1.165, 1.54) is 0 Å². The average molecular weight is 562 g/mol. The minimum atomic E-state index is -0.872. The molecule has 0 bridgehead atoms. The standard InChI is InChI=1S/C30H47N3O7/c1-2-3-12-32(13-6-5-11-31)27(35)18-33-17-24(21-15-22(19-34)29-26(16-21)39-20-40-29)28(30(36)37)25(33)10-9-23-8-4-7-14-38-23/h15-16,23-25,28,34H,2-14,17-20,31H2,1H3,(H,36,37)/t23?,24-,25+,28-/m1/s1. The van der Waals surface area contributed by atoms with E-state index >= 15 is 0 Å². The number of ether oxygens (including phenoxy) is 3. The van der Waals surface area contributed by atoms with Crippen LogP contribution in [0.25, 0.3) is 0 Å². The van der Waals surface area contributed by atoms with E-state index in [1.54, 1.807) is 0 Å². The van der Waals surface area contributed by atoms with Crippen molar-refractivity contribution in [1.82, 2.24) is 9.80 Å². The molecule has 4 atom stereocenters. The van der Waals surface area contributed by atoms with Gasteiger partial charge in [-0.1, -0.05) is 13.3 Å². The van der Waals surface area contributed by atoms with Crippen LogP contribution in [0.4, 0.5) is 0 Å². The second-order valence-electron chi connectivity index (χ2n) is 11.3. The molecule has 2 fully saturated rings. The van der Waals surface area contributed by atoms with Gasteiger partial charge in [-0.15, -0.1) is 0 Å². The summed E-state index contributed by atoms with van der Waals surface area (Å²) in [6.45, 7) is 5.28. The summed E-state index contributed by atoms with van der Waals surface area (Å²) in [5.41, 5.74) is 7.07. The number of nitrogens with zero attached hydrogens (tertiary/aromatic N) is 2. The molecule has 3 heterocycles. The highest BCUT2D eigenvalue weighted by atomic mass is 16.7. The van der Waals surface area contributed by atoms with Crippen molar-refractivity contribution in [3.63, 3.8) is 0 Å². The van der Waals surface area contributed by atoms with Crippen molar-refractivity contribution in [2.24, 2.45) is 11.7 Å². The van der Waals surface area contributed by atoms with Crippen molar-refractivity contribution in [1.29, 1.82) is 0 Å². The van der Waals surface area contributed by atoms with Crippen LogP contribution in [0.5, 0.6) is 11.5 Å². The Morgan fingerprint density at radius 3 is 2.65 bits per heavy atom. The molecule has 1 aromatic carbocycles. The number of amides is 1. The Kier molecular flexibility index (Phi) is 11.5. The Morgan fingerprint density at radius 1 is 1.12 bits per heavy atom. The van der Waals surface area contributed by atoms with Crippen LogP contribution in [0.15, 0.2) is 12.1 Å². The van der Waals surface area contributed by atoms with Crippen molar-refractivity contribution in [3.8, 4) is 11.5 Å². The number of carbonyl (C=O) groups excluding carboxylic acids is 1. The maximum absolute atomic E-state index is 13.6. The molecule has 3 aliphatic rings. The van der Waals surface area contributed by atoms with Gasteiger partial charge >= 0.3 is 5.97 Å². The predicted molar refractivity (Wildman–Crippen MR) is 150 cm³/mol. The predicted octanol–water partition coefficient (Wildman–Crippen LogP) is 3.09. The number of aliphatic hydroxyl groups is 1. The molecule has 0 radical (unpaired) electrons. The number of hydrogen-bond acceptors (Lipinski definition) is 8. The van der Waals surface area contributed by atoms with Crippen molar-refractivity contribution in [2.45, 2.75) is 89.4 Å². The molecule has 224 valence electrons. The van der Waals surface area contributed by atoms with Crippen molar-refractivity contribution in [3.05, 3.63) is 23.3 Å².